The highest BCUT2D eigenvalue weighted by atomic mass is 28.3. The fraction of sp³-hybridized carbons (Fsp3) is 0.786. The number of unbranched alkanes of at least 4 members (excludes halogenated alkanes) is 3. The summed E-state index contributed by atoms with van der Waals surface area (Å²) in [4.78, 5) is 0. The standard InChI is InChI=1S/C28H45F3OSi/c1-2-3-6-17-33-18-13-25(14-19-33)24-11-9-22(10-12-24)7-4-5-8-23-20-26(30)28(27(31)21-23)32-16-15-29/h20-22,24-25,33H,2-19H2,1H3. The van der Waals surface area contributed by atoms with Gasteiger partial charge >= 0.3 is 0 Å². The fourth-order valence-electron chi connectivity index (χ4n) is 6.38. The number of benzene rings is 1. The first-order chi connectivity index (χ1) is 16.1. The van der Waals surface area contributed by atoms with Crippen molar-refractivity contribution in [2.45, 2.75) is 109 Å². The highest BCUT2D eigenvalue weighted by Gasteiger charge is 2.30. The molecule has 0 spiro atoms. The van der Waals surface area contributed by atoms with Crippen molar-refractivity contribution in [3.05, 3.63) is 29.3 Å². The Hall–Kier alpha value is -0.973. The Kier molecular flexibility index (Phi) is 11.6. The number of halogens is 3. The van der Waals surface area contributed by atoms with E-state index in [1.54, 1.807) is 18.1 Å². The monoisotopic (exact) mass is 482 g/mol. The Bertz CT molecular complexity index is 659. The molecule has 1 heterocycles. The summed E-state index contributed by atoms with van der Waals surface area (Å²) in [6.45, 7) is 1.23. The van der Waals surface area contributed by atoms with Crippen LogP contribution in [0.25, 0.3) is 0 Å². The van der Waals surface area contributed by atoms with Gasteiger partial charge in [0.05, 0.1) is 0 Å². The van der Waals surface area contributed by atoms with Gasteiger partial charge in [-0.25, -0.2) is 13.2 Å². The van der Waals surface area contributed by atoms with Gasteiger partial charge in [0.15, 0.2) is 17.4 Å². The molecular formula is C28H45F3OSi. The summed E-state index contributed by atoms with van der Waals surface area (Å²) in [5.41, 5.74) is 0.662. The molecule has 0 bridgehead atoms. The Labute approximate surface area is 201 Å². The van der Waals surface area contributed by atoms with Crippen molar-refractivity contribution in [3.63, 3.8) is 0 Å². The smallest absolute Gasteiger partial charge is 0.190 e. The van der Waals surface area contributed by atoms with Gasteiger partial charge in [-0.3, -0.25) is 0 Å². The third kappa shape index (κ3) is 8.63. The average Bonchev–Trinajstić information content (AvgIpc) is 2.82. The van der Waals surface area contributed by atoms with Crippen molar-refractivity contribution in [1.29, 1.82) is 0 Å². The second-order valence-corrected chi connectivity index (χ2v) is 14.2. The largest absolute Gasteiger partial charge is 0.485 e. The van der Waals surface area contributed by atoms with Crippen LogP contribution in [0.2, 0.25) is 18.1 Å². The number of alkyl halides is 1. The predicted molar refractivity (Wildman–Crippen MR) is 135 cm³/mol. The fourth-order valence-corrected chi connectivity index (χ4v) is 9.91. The van der Waals surface area contributed by atoms with E-state index in [1.807, 2.05) is 0 Å². The predicted octanol–water partition coefficient (Wildman–Crippen LogP) is 8.66. The second kappa shape index (κ2) is 14.4. The highest BCUT2D eigenvalue weighted by molar-refractivity contribution is 6.58. The minimum Gasteiger partial charge on any atom is -0.485 e. The first-order valence-corrected chi connectivity index (χ1v) is 16.2. The van der Waals surface area contributed by atoms with E-state index in [4.69, 9.17) is 4.74 Å². The molecule has 188 valence electrons. The molecule has 1 aliphatic carbocycles. The minimum absolute atomic E-state index is 0.322. The van der Waals surface area contributed by atoms with Gasteiger partial charge < -0.3 is 4.74 Å². The average molecular weight is 483 g/mol. The third-order valence-corrected chi connectivity index (χ3v) is 11.9. The van der Waals surface area contributed by atoms with E-state index in [2.05, 4.69) is 6.92 Å². The zero-order valence-corrected chi connectivity index (χ0v) is 21.9. The lowest BCUT2D eigenvalue weighted by atomic mass is 9.73. The topological polar surface area (TPSA) is 9.23 Å². The first-order valence-electron chi connectivity index (χ1n) is 13.8. The summed E-state index contributed by atoms with van der Waals surface area (Å²) in [6, 6.07) is 7.49. The number of rotatable bonds is 13. The van der Waals surface area contributed by atoms with E-state index in [0.29, 0.717) is 12.0 Å². The molecule has 0 atom stereocenters. The van der Waals surface area contributed by atoms with Gasteiger partial charge in [0.25, 0.3) is 0 Å². The van der Waals surface area contributed by atoms with Crippen LogP contribution in [0.1, 0.15) is 89.5 Å². The van der Waals surface area contributed by atoms with Crippen molar-refractivity contribution in [2.24, 2.45) is 17.8 Å². The molecule has 1 aromatic carbocycles. The van der Waals surface area contributed by atoms with Gasteiger partial charge in [-0.2, -0.15) is 0 Å². The normalized spacial score (nSPS) is 25.8. The van der Waals surface area contributed by atoms with Crippen LogP contribution in [0.3, 0.4) is 0 Å². The van der Waals surface area contributed by atoms with E-state index in [9.17, 15) is 13.2 Å². The van der Waals surface area contributed by atoms with Crippen LogP contribution in [0.5, 0.6) is 5.75 Å². The van der Waals surface area contributed by atoms with E-state index < -0.39 is 32.9 Å². The lowest BCUT2D eigenvalue weighted by molar-refractivity contribution is 0.184. The van der Waals surface area contributed by atoms with Crippen molar-refractivity contribution in [1.82, 2.24) is 0 Å². The van der Waals surface area contributed by atoms with E-state index in [0.717, 1.165) is 30.6 Å². The molecule has 0 radical (unpaired) electrons. The van der Waals surface area contributed by atoms with Gasteiger partial charge in [0.1, 0.15) is 13.3 Å². The van der Waals surface area contributed by atoms with Crippen LogP contribution >= 0.6 is 0 Å². The number of hydrogen-bond donors (Lipinski definition) is 0. The zero-order chi connectivity index (χ0) is 23.5. The van der Waals surface area contributed by atoms with Crippen molar-refractivity contribution in [2.75, 3.05) is 13.3 Å². The lowest BCUT2D eigenvalue weighted by Gasteiger charge is -2.37. The Morgan fingerprint density at radius 1 is 0.879 bits per heavy atom. The molecule has 0 aromatic heterocycles. The molecule has 0 N–H and O–H groups in total. The maximum absolute atomic E-state index is 14.0. The Morgan fingerprint density at radius 2 is 1.55 bits per heavy atom. The highest BCUT2D eigenvalue weighted by Crippen LogP contribution is 2.42. The van der Waals surface area contributed by atoms with E-state index in [1.165, 1.54) is 76.3 Å². The first kappa shape index (κ1) is 26.6. The summed E-state index contributed by atoms with van der Waals surface area (Å²) >= 11 is 0. The molecular weight excluding hydrogens is 437 g/mol. The summed E-state index contributed by atoms with van der Waals surface area (Å²) in [6.07, 6.45) is 16.9. The summed E-state index contributed by atoms with van der Waals surface area (Å²) < 4.78 is 45.1. The number of hydrogen-bond acceptors (Lipinski definition) is 1. The van der Waals surface area contributed by atoms with E-state index in [-0.39, 0.29) is 6.61 Å². The molecule has 33 heavy (non-hydrogen) atoms. The molecule has 1 nitrogen and oxygen atoms in total. The second-order valence-electron chi connectivity index (χ2n) is 10.7. The van der Waals surface area contributed by atoms with Crippen LogP contribution in [0.4, 0.5) is 13.2 Å². The molecule has 1 aliphatic heterocycles. The van der Waals surface area contributed by atoms with Gasteiger partial charge in [-0.1, -0.05) is 82.8 Å². The lowest BCUT2D eigenvalue weighted by Crippen LogP contribution is -2.28. The molecule has 1 saturated carbocycles. The molecule has 1 saturated heterocycles. The van der Waals surface area contributed by atoms with Gasteiger partial charge in [0, 0.05) is 8.80 Å². The Morgan fingerprint density at radius 3 is 2.18 bits per heavy atom. The molecule has 5 heteroatoms. The molecule has 3 rings (SSSR count). The molecule has 0 amide bonds. The summed E-state index contributed by atoms with van der Waals surface area (Å²) in [5.74, 6) is 0.925. The van der Waals surface area contributed by atoms with E-state index >= 15 is 0 Å². The van der Waals surface area contributed by atoms with Crippen LogP contribution < -0.4 is 4.74 Å². The number of aryl methyl sites for hydroxylation is 1. The van der Waals surface area contributed by atoms with Crippen molar-refractivity contribution < 1.29 is 17.9 Å². The van der Waals surface area contributed by atoms with Crippen molar-refractivity contribution >= 4 is 8.80 Å². The summed E-state index contributed by atoms with van der Waals surface area (Å²) in [7, 11) is -0.392. The van der Waals surface area contributed by atoms with Gasteiger partial charge in [0.2, 0.25) is 0 Å². The SMILES string of the molecule is CCCCC[SiH]1CCC(C2CCC(CCCCc3cc(F)c(OCCF)c(F)c3)CC2)CC1. The zero-order valence-electron chi connectivity index (χ0n) is 20.7. The maximum atomic E-state index is 14.0. The third-order valence-electron chi connectivity index (χ3n) is 8.37. The maximum Gasteiger partial charge on any atom is 0.190 e. The molecule has 1 aromatic rings. The minimum atomic E-state index is -0.760. The Balaban J connectivity index is 1.29. The summed E-state index contributed by atoms with van der Waals surface area (Å²) in [5, 5.41) is 0. The van der Waals surface area contributed by atoms with Crippen LogP contribution in [-0.4, -0.2) is 22.1 Å². The molecule has 0 unspecified atom stereocenters. The molecule has 2 fully saturated rings. The number of ether oxygens (including phenoxy) is 1. The van der Waals surface area contributed by atoms with Gasteiger partial charge in [-0.05, 0) is 61.1 Å². The molecule has 2 aliphatic rings. The quantitative estimate of drug-likeness (QED) is 0.202. The van der Waals surface area contributed by atoms with Crippen LogP contribution in [-0.2, 0) is 6.42 Å². The van der Waals surface area contributed by atoms with Crippen LogP contribution in [0.15, 0.2) is 12.1 Å². The van der Waals surface area contributed by atoms with Crippen LogP contribution in [0, 0.1) is 29.4 Å². The van der Waals surface area contributed by atoms with Crippen molar-refractivity contribution in [3.8, 4) is 5.75 Å². The van der Waals surface area contributed by atoms with Gasteiger partial charge in [-0.15, -0.1) is 0 Å².